The van der Waals surface area contributed by atoms with Gasteiger partial charge in [-0.25, -0.2) is 0 Å². The van der Waals surface area contributed by atoms with E-state index in [0.717, 1.165) is 34.0 Å². The highest BCUT2D eigenvalue weighted by molar-refractivity contribution is 9.10. The van der Waals surface area contributed by atoms with Crippen molar-refractivity contribution in [3.05, 3.63) is 40.0 Å². The average Bonchev–Trinajstić information content (AvgIpc) is 2.97. The number of nitrogens with zero attached hydrogens (tertiary/aromatic N) is 1. The van der Waals surface area contributed by atoms with Gasteiger partial charge in [0.2, 0.25) is 0 Å². The fraction of sp³-hybridized carbons (Fsp3) is 0.375. The van der Waals surface area contributed by atoms with Crippen molar-refractivity contribution in [2.75, 3.05) is 13.1 Å². The van der Waals surface area contributed by atoms with Crippen LogP contribution in [0.5, 0.6) is 0 Å². The number of benzene rings is 1. The lowest BCUT2D eigenvalue weighted by molar-refractivity contribution is 0.0952. The molecule has 1 aliphatic heterocycles. The number of rotatable bonds is 3. The van der Waals surface area contributed by atoms with Crippen molar-refractivity contribution >= 4 is 57.6 Å². The van der Waals surface area contributed by atoms with Crippen molar-refractivity contribution in [2.45, 2.75) is 25.8 Å². The largest absolute Gasteiger partial charge is 0.350 e. The van der Waals surface area contributed by atoms with Crippen LogP contribution in [-0.4, -0.2) is 30.0 Å². The number of fused-ring (bicyclic) bond motifs is 1. The van der Waals surface area contributed by atoms with Crippen LogP contribution >= 0.6 is 40.7 Å². The van der Waals surface area contributed by atoms with Gasteiger partial charge in [-0.3, -0.25) is 9.78 Å². The van der Waals surface area contributed by atoms with E-state index in [1.165, 1.54) is 6.42 Å². The molecular formula is C16H20BrCl2N3O. The molecule has 0 bridgehead atoms. The van der Waals surface area contributed by atoms with E-state index >= 15 is 0 Å². The quantitative estimate of drug-likeness (QED) is 0.796. The van der Waals surface area contributed by atoms with Crippen molar-refractivity contribution in [3.8, 4) is 0 Å². The van der Waals surface area contributed by atoms with Gasteiger partial charge in [0.05, 0.1) is 11.1 Å². The molecular weight excluding hydrogens is 401 g/mol. The van der Waals surface area contributed by atoms with Crippen molar-refractivity contribution < 1.29 is 4.79 Å². The first-order valence-corrected chi connectivity index (χ1v) is 8.01. The molecule has 1 aromatic heterocycles. The summed E-state index contributed by atoms with van der Waals surface area (Å²) < 4.78 is 0.951. The van der Waals surface area contributed by atoms with Gasteiger partial charge in [-0.2, -0.15) is 0 Å². The van der Waals surface area contributed by atoms with Crippen molar-refractivity contribution in [1.29, 1.82) is 0 Å². The monoisotopic (exact) mass is 419 g/mol. The van der Waals surface area contributed by atoms with Gasteiger partial charge >= 0.3 is 0 Å². The van der Waals surface area contributed by atoms with E-state index in [1.807, 2.05) is 31.2 Å². The lowest BCUT2D eigenvalue weighted by Gasteiger charge is -2.13. The van der Waals surface area contributed by atoms with E-state index in [0.29, 0.717) is 18.2 Å². The first-order chi connectivity index (χ1) is 10.1. The maximum Gasteiger partial charge on any atom is 0.252 e. The van der Waals surface area contributed by atoms with Gasteiger partial charge in [-0.15, -0.1) is 24.8 Å². The number of aryl methyl sites for hydroxylation is 1. The highest BCUT2D eigenvalue weighted by atomic mass is 79.9. The minimum Gasteiger partial charge on any atom is -0.350 e. The Labute approximate surface area is 156 Å². The zero-order valence-corrected chi connectivity index (χ0v) is 16.0. The first kappa shape index (κ1) is 20.2. The van der Waals surface area contributed by atoms with Crippen LogP contribution in [0.4, 0.5) is 0 Å². The third-order valence-electron chi connectivity index (χ3n) is 3.81. The summed E-state index contributed by atoms with van der Waals surface area (Å²) in [5, 5.41) is 7.30. The Morgan fingerprint density at radius 3 is 2.87 bits per heavy atom. The summed E-state index contributed by atoms with van der Waals surface area (Å²) in [7, 11) is 0. The average molecular weight is 421 g/mol. The topological polar surface area (TPSA) is 54.0 Å². The third kappa shape index (κ3) is 4.80. The molecule has 1 fully saturated rings. The van der Waals surface area contributed by atoms with Crippen LogP contribution in [-0.2, 0) is 0 Å². The second kappa shape index (κ2) is 8.83. The first-order valence-electron chi connectivity index (χ1n) is 7.22. The number of hydrogen-bond donors (Lipinski definition) is 2. The van der Waals surface area contributed by atoms with Crippen LogP contribution in [0.2, 0.25) is 0 Å². The summed E-state index contributed by atoms with van der Waals surface area (Å²) in [5.41, 5.74) is 2.40. The van der Waals surface area contributed by atoms with Crippen LogP contribution in [0.1, 0.15) is 28.9 Å². The molecule has 1 unspecified atom stereocenters. The van der Waals surface area contributed by atoms with Gasteiger partial charge in [0.1, 0.15) is 0 Å². The summed E-state index contributed by atoms with van der Waals surface area (Å²) in [6.07, 6.45) is 2.31. The third-order valence-corrected chi connectivity index (χ3v) is 4.31. The summed E-state index contributed by atoms with van der Waals surface area (Å²) in [6, 6.07) is 8.08. The number of pyridine rings is 1. The fourth-order valence-electron chi connectivity index (χ4n) is 2.76. The molecule has 0 aliphatic carbocycles. The van der Waals surface area contributed by atoms with Gasteiger partial charge in [-0.05, 0) is 50.6 Å². The molecule has 1 atom stereocenters. The Morgan fingerprint density at radius 1 is 1.39 bits per heavy atom. The molecule has 1 aliphatic rings. The molecule has 2 aromatic rings. The Bertz CT molecular complexity index is 690. The molecule has 2 heterocycles. The lowest BCUT2D eigenvalue weighted by Crippen LogP contribution is -2.37. The number of carbonyl (C=O) groups is 1. The Morgan fingerprint density at radius 2 is 2.17 bits per heavy atom. The second-order valence-corrected chi connectivity index (χ2v) is 6.39. The van der Waals surface area contributed by atoms with E-state index in [-0.39, 0.29) is 30.7 Å². The number of aromatic nitrogens is 1. The minimum atomic E-state index is -0.0303. The summed E-state index contributed by atoms with van der Waals surface area (Å²) in [5.74, 6) is -0.0303. The SMILES string of the molecule is Cc1cc(C(=O)NCC2CCCN2)c2cc(Br)ccc2n1.Cl.Cl. The molecule has 1 aromatic carbocycles. The standard InChI is InChI=1S/C16H18BrN3O.2ClH/c1-10-7-14(13-8-11(17)4-5-15(13)20-10)16(21)19-9-12-3-2-6-18-12;;/h4-5,7-8,12,18H,2-3,6,9H2,1H3,(H,19,21);2*1H. The van der Waals surface area contributed by atoms with Gasteiger partial charge < -0.3 is 10.6 Å². The summed E-state index contributed by atoms with van der Waals surface area (Å²) in [4.78, 5) is 17.0. The number of halogens is 3. The highest BCUT2D eigenvalue weighted by Gasteiger charge is 2.17. The Balaban J connectivity index is 0.00000132. The van der Waals surface area contributed by atoms with Crippen molar-refractivity contribution in [1.82, 2.24) is 15.6 Å². The minimum absolute atomic E-state index is 0. The molecule has 3 rings (SSSR count). The molecule has 0 saturated carbocycles. The fourth-order valence-corrected chi connectivity index (χ4v) is 3.12. The van der Waals surface area contributed by atoms with Crippen LogP contribution in [0.15, 0.2) is 28.7 Å². The number of nitrogens with one attached hydrogen (secondary N) is 2. The summed E-state index contributed by atoms with van der Waals surface area (Å²) >= 11 is 3.46. The Hall–Kier alpha value is -0.880. The molecule has 23 heavy (non-hydrogen) atoms. The maximum atomic E-state index is 12.5. The van der Waals surface area contributed by atoms with Gasteiger partial charge in [0.15, 0.2) is 0 Å². The lowest BCUT2D eigenvalue weighted by atomic mass is 10.1. The van der Waals surface area contributed by atoms with Crippen LogP contribution < -0.4 is 10.6 Å². The van der Waals surface area contributed by atoms with E-state index in [4.69, 9.17) is 0 Å². The van der Waals surface area contributed by atoms with E-state index in [9.17, 15) is 4.79 Å². The number of hydrogen-bond acceptors (Lipinski definition) is 3. The van der Waals surface area contributed by atoms with Crippen LogP contribution in [0, 0.1) is 6.92 Å². The van der Waals surface area contributed by atoms with Gasteiger partial charge in [-0.1, -0.05) is 15.9 Å². The second-order valence-electron chi connectivity index (χ2n) is 5.48. The van der Waals surface area contributed by atoms with Crippen molar-refractivity contribution in [3.63, 3.8) is 0 Å². The number of carbonyl (C=O) groups excluding carboxylic acids is 1. The van der Waals surface area contributed by atoms with E-state index in [2.05, 4.69) is 31.5 Å². The Kier molecular flexibility index (Phi) is 7.74. The molecule has 0 spiro atoms. The molecule has 126 valence electrons. The van der Waals surface area contributed by atoms with Gasteiger partial charge in [0, 0.05) is 28.1 Å². The molecule has 0 radical (unpaired) electrons. The van der Waals surface area contributed by atoms with Crippen molar-refractivity contribution in [2.24, 2.45) is 0 Å². The smallest absolute Gasteiger partial charge is 0.252 e. The number of amides is 1. The maximum absolute atomic E-state index is 12.5. The van der Waals surface area contributed by atoms with Gasteiger partial charge in [0.25, 0.3) is 5.91 Å². The predicted octanol–water partition coefficient (Wildman–Crippen LogP) is 3.63. The van der Waals surface area contributed by atoms with E-state index in [1.54, 1.807) is 0 Å². The zero-order valence-electron chi connectivity index (χ0n) is 12.8. The van der Waals surface area contributed by atoms with Crippen LogP contribution in [0.3, 0.4) is 0 Å². The predicted molar refractivity (Wildman–Crippen MR) is 102 cm³/mol. The molecule has 1 saturated heterocycles. The van der Waals surface area contributed by atoms with Crippen LogP contribution in [0.25, 0.3) is 10.9 Å². The molecule has 1 amide bonds. The highest BCUT2D eigenvalue weighted by Crippen LogP contribution is 2.22. The van der Waals surface area contributed by atoms with E-state index < -0.39 is 0 Å². The normalized spacial score (nSPS) is 16.5. The molecule has 4 nitrogen and oxygen atoms in total. The molecule has 2 N–H and O–H groups in total. The molecule has 7 heteroatoms. The summed E-state index contributed by atoms with van der Waals surface area (Å²) in [6.45, 7) is 3.64. The zero-order chi connectivity index (χ0) is 14.8.